The van der Waals surface area contributed by atoms with Gasteiger partial charge in [0.15, 0.2) is 5.17 Å². The summed E-state index contributed by atoms with van der Waals surface area (Å²) in [5.74, 6) is 0.0605. The Kier molecular flexibility index (Phi) is 5.90. The average molecular weight is 472 g/mol. The van der Waals surface area contributed by atoms with E-state index in [4.69, 9.17) is 26.1 Å². The summed E-state index contributed by atoms with van der Waals surface area (Å²) in [5, 5.41) is 3.14. The predicted octanol–water partition coefficient (Wildman–Crippen LogP) is 4.64. The molecule has 1 saturated heterocycles. The topological polar surface area (TPSA) is 80.7 Å². The molecule has 0 aliphatic carbocycles. The third-order valence-corrected chi connectivity index (χ3v) is 9.80. The molecule has 0 spiro atoms. The Morgan fingerprint density at radius 3 is 2.41 bits per heavy atom. The molecule has 3 heterocycles. The van der Waals surface area contributed by atoms with Crippen molar-refractivity contribution in [2.24, 2.45) is 10.3 Å². The van der Waals surface area contributed by atoms with Gasteiger partial charge in [-0.25, -0.2) is 0 Å². The normalized spacial score (nSPS) is 22.5. The summed E-state index contributed by atoms with van der Waals surface area (Å²) in [7, 11) is 7.02. The zero-order chi connectivity index (χ0) is 20.5. The number of halogens is 2. The first-order valence-electron chi connectivity index (χ1n) is 9.02. The van der Waals surface area contributed by atoms with Crippen molar-refractivity contribution in [1.82, 2.24) is 10.3 Å². The van der Waals surface area contributed by atoms with Gasteiger partial charge in [0.05, 0.1) is 16.3 Å². The molecule has 0 bridgehead atoms. The van der Waals surface area contributed by atoms with E-state index in [0.29, 0.717) is 24.6 Å². The Bertz CT molecular complexity index is 1050. The lowest BCUT2D eigenvalue weighted by atomic mass is 9.98. The summed E-state index contributed by atoms with van der Waals surface area (Å²) in [6.07, 6.45) is 3.17. The minimum atomic E-state index is -3.97. The standard InChI is InChI=1S/C19H19Cl2N3O3S2/c20-28(21)18(14-9-12-27-13-10-14)17(16-8-4-5-11-22-16)23-19(28)24-29(25,26)15-6-2-1-3-7-15/h1-8,11,14H,9-10,12-13H2,(H,23,24). The average Bonchev–Trinajstić information content (AvgIpc) is 3.00. The van der Waals surface area contributed by atoms with E-state index in [1.807, 2.05) is 18.2 Å². The molecular formula is C19H19Cl2N3O3S2. The highest BCUT2D eigenvalue weighted by Gasteiger charge is 2.45. The second-order valence-electron chi connectivity index (χ2n) is 6.62. The van der Waals surface area contributed by atoms with Crippen molar-refractivity contribution in [1.29, 1.82) is 0 Å². The van der Waals surface area contributed by atoms with E-state index in [9.17, 15) is 8.42 Å². The number of amidine groups is 1. The first kappa shape index (κ1) is 20.7. The summed E-state index contributed by atoms with van der Waals surface area (Å²) in [4.78, 5) is 5.25. The molecule has 1 aromatic carbocycles. The van der Waals surface area contributed by atoms with Crippen molar-refractivity contribution in [2.75, 3.05) is 13.2 Å². The lowest BCUT2D eigenvalue weighted by molar-refractivity contribution is 0.0778. The number of ether oxygens (including phenoxy) is 1. The van der Waals surface area contributed by atoms with Crippen LogP contribution in [0.25, 0.3) is 5.70 Å². The second-order valence-corrected chi connectivity index (χ2v) is 13.2. The first-order valence-corrected chi connectivity index (χ1v) is 13.7. The molecule has 0 unspecified atom stereocenters. The molecular weight excluding hydrogens is 453 g/mol. The van der Waals surface area contributed by atoms with E-state index < -0.39 is 18.5 Å². The van der Waals surface area contributed by atoms with Gasteiger partial charge in [0.1, 0.15) is 0 Å². The van der Waals surface area contributed by atoms with E-state index in [-0.39, 0.29) is 16.0 Å². The number of pyridine rings is 1. The van der Waals surface area contributed by atoms with Gasteiger partial charge in [-0.1, -0.05) is 24.3 Å². The second kappa shape index (κ2) is 8.28. The minimum absolute atomic E-state index is 0.0480. The largest absolute Gasteiger partial charge is 0.381 e. The van der Waals surface area contributed by atoms with Crippen molar-refractivity contribution >= 4 is 50.7 Å². The quantitative estimate of drug-likeness (QED) is 0.702. The Balaban J connectivity index is 1.80. The van der Waals surface area contributed by atoms with Gasteiger partial charge >= 0.3 is 0 Å². The van der Waals surface area contributed by atoms with Gasteiger partial charge in [-0.2, -0.15) is 8.42 Å². The highest BCUT2D eigenvalue weighted by Crippen LogP contribution is 2.72. The zero-order valence-electron chi connectivity index (χ0n) is 15.3. The van der Waals surface area contributed by atoms with Crippen LogP contribution in [0, 0.1) is 5.92 Å². The van der Waals surface area contributed by atoms with E-state index in [2.05, 4.69) is 14.7 Å². The molecule has 1 fully saturated rings. The highest BCUT2D eigenvalue weighted by atomic mass is 36.0. The lowest BCUT2D eigenvalue weighted by Gasteiger charge is -2.30. The molecule has 2 aromatic rings. The van der Waals surface area contributed by atoms with Gasteiger partial charge in [-0.05, 0) is 64.4 Å². The van der Waals surface area contributed by atoms with Crippen LogP contribution in [-0.2, 0) is 14.8 Å². The van der Waals surface area contributed by atoms with Crippen molar-refractivity contribution in [2.45, 2.75) is 17.7 Å². The summed E-state index contributed by atoms with van der Waals surface area (Å²) in [6, 6.07) is 13.5. The number of nitrogens with one attached hydrogen (secondary N) is 1. The third-order valence-electron chi connectivity index (χ3n) is 4.75. The monoisotopic (exact) mass is 471 g/mol. The summed E-state index contributed by atoms with van der Waals surface area (Å²) in [5.41, 5.74) is 1.29. The SMILES string of the molecule is O=S(=O)(/N=C1\NC(c2ccccn2)=C(C2CCOCC2)S1(Cl)Cl)c1ccccc1. The fourth-order valence-corrected chi connectivity index (χ4v) is 8.36. The lowest BCUT2D eigenvalue weighted by Crippen LogP contribution is -2.19. The predicted molar refractivity (Wildman–Crippen MR) is 118 cm³/mol. The van der Waals surface area contributed by atoms with Crippen LogP contribution in [0.3, 0.4) is 0 Å². The van der Waals surface area contributed by atoms with Crippen molar-refractivity contribution in [3.63, 3.8) is 0 Å². The number of aromatic nitrogens is 1. The van der Waals surface area contributed by atoms with Gasteiger partial charge in [-0.3, -0.25) is 4.98 Å². The summed E-state index contributed by atoms with van der Waals surface area (Å²) in [6.45, 7) is 1.20. The number of hydrogen-bond acceptors (Lipinski definition) is 4. The van der Waals surface area contributed by atoms with Gasteiger partial charge < -0.3 is 10.1 Å². The van der Waals surface area contributed by atoms with Gasteiger partial charge in [0, 0.05) is 32.8 Å². The van der Waals surface area contributed by atoms with Crippen LogP contribution in [0.1, 0.15) is 18.5 Å². The minimum Gasteiger partial charge on any atom is -0.381 e. The number of sulfonamides is 1. The third kappa shape index (κ3) is 4.18. The van der Waals surface area contributed by atoms with Crippen LogP contribution in [0.4, 0.5) is 0 Å². The van der Waals surface area contributed by atoms with Crippen LogP contribution < -0.4 is 5.32 Å². The van der Waals surface area contributed by atoms with Crippen molar-refractivity contribution in [3.05, 3.63) is 65.3 Å². The molecule has 154 valence electrons. The molecule has 0 radical (unpaired) electrons. The maximum atomic E-state index is 12.8. The number of allylic oxidation sites excluding steroid dienone is 1. The van der Waals surface area contributed by atoms with Gasteiger partial charge in [0.25, 0.3) is 10.0 Å². The smallest absolute Gasteiger partial charge is 0.284 e. The van der Waals surface area contributed by atoms with E-state index >= 15 is 0 Å². The molecule has 6 nitrogen and oxygen atoms in total. The maximum Gasteiger partial charge on any atom is 0.284 e. The molecule has 2 aliphatic heterocycles. The Labute approximate surface area is 180 Å². The van der Waals surface area contributed by atoms with Crippen molar-refractivity contribution in [3.8, 4) is 0 Å². The van der Waals surface area contributed by atoms with Crippen molar-refractivity contribution < 1.29 is 13.2 Å². The molecule has 1 N–H and O–H groups in total. The molecule has 2 aliphatic rings. The van der Waals surface area contributed by atoms with Crippen LogP contribution in [0.15, 0.2) is 68.9 Å². The van der Waals surface area contributed by atoms with Gasteiger partial charge in [0.2, 0.25) is 0 Å². The molecule has 0 saturated carbocycles. The van der Waals surface area contributed by atoms with E-state index in [1.54, 1.807) is 24.4 Å². The Morgan fingerprint density at radius 2 is 1.76 bits per heavy atom. The van der Waals surface area contributed by atoms with Crippen LogP contribution in [0.2, 0.25) is 0 Å². The van der Waals surface area contributed by atoms with Crippen LogP contribution >= 0.6 is 29.8 Å². The van der Waals surface area contributed by atoms with Gasteiger partial charge in [-0.15, -0.1) is 4.40 Å². The van der Waals surface area contributed by atoms with Crippen LogP contribution in [0.5, 0.6) is 0 Å². The Morgan fingerprint density at radius 1 is 1.07 bits per heavy atom. The molecule has 29 heavy (non-hydrogen) atoms. The van der Waals surface area contributed by atoms with E-state index in [0.717, 1.165) is 17.7 Å². The number of rotatable bonds is 4. The first-order chi connectivity index (χ1) is 13.9. The summed E-state index contributed by atoms with van der Waals surface area (Å²) >= 11 is 0. The Hall–Kier alpha value is -1.58. The number of nitrogens with zero attached hydrogens (tertiary/aromatic N) is 2. The fraction of sp³-hybridized carbons (Fsp3) is 0.263. The molecule has 10 heteroatoms. The van der Waals surface area contributed by atoms with E-state index in [1.165, 1.54) is 12.1 Å². The van der Waals surface area contributed by atoms with Crippen LogP contribution in [-0.4, -0.2) is 31.8 Å². The highest BCUT2D eigenvalue weighted by molar-refractivity contribution is 8.77. The fourth-order valence-electron chi connectivity index (χ4n) is 3.36. The molecule has 0 amide bonds. The number of hydrogen-bond donors (Lipinski definition) is 1. The summed E-state index contributed by atoms with van der Waals surface area (Å²) < 4.78 is 35.1. The molecule has 1 aromatic heterocycles. The molecule has 4 rings (SSSR count). The molecule has 0 atom stereocenters. The maximum absolute atomic E-state index is 12.8. The zero-order valence-corrected chi connectivity index (χ0v) is 18.4. The number of benzene rings is 1.